The zero-order valence-electron chi connectivity index (χ0n) is 14.9. The largest absolute Gasteiger partial charge is 0.494 e. The molecule has 26 heavy (non-hydrogen) atoms. The van der Waals surface area contributed by atoms with Crippen LogP contribution >= 0.6 is 23.1 Å². The molecule has 0 saturated heterocycles. The Balaban J connectivity index is 1.79. The number of allylic oxidation sites excluding steroid dienone is 1. The summed E-state index contributed by atoms with van der Waals surface area (Å²) in [5, 5.41) is 4.77. The highest BCUT2D eigenvalue weighted by molar-refractivity contribution is 8.02. The molecule has 4 nitrogen and oxygen atoms in total. The molecule has 6 heteroatoms. The second-order valence-corrected chi connectivity index (χ2v) is 7.53. The van der Waals surface area contributed by atoms with Gasteiger partial charge in [-0.2, -0.15) is 0 Å². The van der Waals surface area contributed by atoms with Crippen LogP contribution in [0.5, 0.6) is 5.75 Å². The Kier molecular flexibility index (Phi) is 5.96. The second kappa shape index (κ2) is 8.38. The summed E-state index contributed by atoms with van der Waals surface area (Å²) in [4.78, 5) is 17.0. The van der Waals surface area contributed by atoms with Crippen molar-refractivity contribution in [2.45, 2.75) is 13.8 Å². The smallest absolute Gasteiger partial charge is 0.188 e. The number of anilines is 1. The normalized spacial score (nSPS) is 11.6. The quantitative estimate of drug-likeness (QED) is 0.430. The van der Waals surface area contributed by atoms with Crippen molar-refractivity contribution in [1.29, 1.82) is 0 Å². The highest BCUT2D eigenvalue weighted by Gasteiger charge is 2.09. The zero-order valence-corrected chi connectivity index (χ0v) is 16.5. The molecule has 0 fully saturated rings. The molecule has 2 aromatic carbocycles. The Morgan fingerprint density at radius 1 is 1.27 bits per heavy atom. The van der Waals surface area contributed by atoms with Gasteiger partial charge >= 0.3 is 0 Å². The van der Waals surface area contributed by atoms with Crippen LogP contribution in [0.1, 0.15) is 22.8 Å². The molecule has 3 aromatic rings. The lowest BCUT2D eigenvalue weighted by Gasteiger charge is -2.05. The van der Waals surface area contributed by atoms with E-state index in [-0.39, 0.29) is 5.78 Å². The molecule has 0 aliphatic rings. The van der Waals surface area contributed by atoms with E-state index in [0.717, 1.165) is 31.7 Å². The van der Waals surface area contributed by atoms with E-state index < -0.39 is 0 Å². The summed E-state index contributed by atoms with van der Waals surface area (Å²) in [6.45, 7) is 4.60. The molecule has 0 amide bonds. The fourth-order valence-corrected chi connectivity index (χ4v) is 3.78. The molecule has 134 valence electrons. The zero-order chi connectivity index (χ0) is 18.5. The molecule has 0 aliphatic heterocycles. The van der Waals surface area contributed by atoms with Gasteiger partial charge in [-0.1, -0.05) is 41.2 Å². The first-order chi connectivity index (χ1) is 12.6. The van der Waals surface area contributed by atoms with Crippen molar-refractivity contribution in [3.8, 4) is 5.75 Å². The number of ether oxygens (including phenoxy) is 1. The number of hydrogen-bond donors (Lipinski definition) is 1. The number of fused-ring (bicyclic) bond motifs is 1. The van der Waals surface area contributed by atoms with Gasteiger partial charge in [-0.15, -0.1) is 11.8 Å². The summed E-state index contributed by atoms with van der Waals surface area (Å²) in [5.41, 5.74) is 2.72. The molecule has 0 bridgehead atoms. The molecule has 1 N–H and O–H groups in total. The lowest BCUT2D eigenvalue weighted by atomic mass is 10.1. The van der Waals surface area contributed by atoms with E-state index in [0.29, 0.717) is 12.2 Å². The molecule has 0 aliphatic carbocycles. The number of rotatable bonds is 7. The molecule has 0 unspecified atom stereocenters. The predicted octanol–water partition coefficient (Wildman–Crippen LogP) is 5.50. The maximum absolute atomic E-state index is 12.4. The molecular weight excluding hydrogens is 364 g/mol. The van der Waals surface area contributed by atoms with Gasteiger partial charge in [0.15, 0.2) is 10.9 Å². The maximum Gasteiger partial charge on any atom is 0.188 e. The summed E-state index contributed by atoms with van der Waals surface area (Å²) < 4.78 is 6.58. The van der Waals surface area contributed by atoms with E-state index in [9.17, 15) is 4.79 Å². The number of carbonyl (C=O) groups excluding carboxylic acids is 1. The Bertz CT molecular complexity index is 946. The van der Waals surface area contributed by atoms with Crippen molar-refractivity contribution in [2.75, 3.05) is 18.2 Å². The molecular formula is C20H20N2O2S2. The van der Waals surface area contributed by atoms with Gasteiger partial charge in [-0.05, 0) is 38.3 Å². The third-order valence-corrected chi connectivity index (χ3v) is 5.31. The first kappa shape index (κ1) is 18.5. The van der Waals surface area contributed by atoms with Crippen molar-refractivity contribution in [3.63, 3.8) is 0 Å². The summed E-state index contributed by atoms with van der Waals surface area (Å²) in [7, 11) is 0. The van der Waals surface area contributed by atoms with Gasteiger partial charge in [0.25, 0.3) is 0 Å². The van der Waals surface area contributed by atoms with Crippen LogP contribution in [0.3, 0.4) is 0 Å². The van der Waals surface area contributed by atoms with Crippen molar-refractivity contribution in [3.05, 3.63) is 64.7 Å². The average Bonchev–Trinajstić information content (AvgIpc) is 3.03. The van der Waals surface area contributed by atoms with Crippen molar-refractivity contribution < 1.29 is 9.53 Å². The summed E-state index contributed by atoms with van der Waals surface area (Å²) >= 11 is 3.02. The number of benzene rings is 2. The summed E-state index contributed by atoms with van der Waals surface area (Å²) in [6, 6.07) is 13.4. The number of hydrogen-bond acceptors (Lipinski definition) is 6. The minimum absolute atomic E-state index is 0.0263. The topological polar surface area (TPSA) is 51.2 Å². The van der Waals surface area contributed by atoms with Crippen LogP contribution in [-0.4, -0.2) is 23.6 Å². The Hall–Kier alpha value is -2.31. The van der Waals surface area contributed by atoms with Crippen molar-refractivity contribution >= 4 is 44.2 Å². The van der Waals surface area contributed by atoms with Crippen molar-refractivity contribution in [1.82, 2.24) is 4.98 Å². The van der Waals surface area contributed by atoms with E-state index >= 15 is 0 Å². The van der Waals surface area contributed by atoms with Gasteiger partial charge in [0, 0.05) is 11.6 Å². The fraction of sp³-hybridized carbons (Fsp3) is 0.200. The van der Waals surface area contributed by atoms with Crippen molar-refractivity contribution in [2.24, 2.45) is 0 Å². The molecule has 0 spiro atoms. The second-order valence-electron chi connectivity index (χ2n) is 5.65. The number of carbonyl (C=O) groups is 1. The van der Waals surface area contributed by atoms with Crippen LogP contribution in [0.4, 0.5) is 5.13 Å². The lowest BCUT2D eigenvalue weighted by Crippen LogP contribution is -2.01. The van der Waals surface area contributed by atoms with E-state index in [1.165, 1.54) is 23.1 Å². The highest BCUT2D eigenvalue weighted by Crippen LogP contribution is 2.31. The van der Waals surface area contributed by atoms with Crippen LogP contribution in [0.15, 0.2) is 53.6 Å². The van der Waals surface area contributed by atoms with Gasteiger partial charge in [-0.25, -0.2) is 4.98 Å². The maximum atomic E-state index is 12.4. The molecule has 3 rings (SSSR count). The fourth-order valence-electron chi connectivity index (χ4n) is 2.39. The Morgan fingerprint density at radius 2 is 2.04 bits per heavy atom. The number of aromatic nitrogens is 1. The number of nitrogens with zero attached hydrogens (tertiary/aromatic N) is 1. The predicted molar refractivity (Wildman–Crippen MR) is 112 cm³/mol. The SMILES string of the molecule is CCOc1ccc2nc(N/C(=C\C(=O)c3ccc(C)cc3)SC)sc2c1. The number of aryl methyl sites for hydroxylation is 1. The minimum atomic E-state index is -0.0263. The standard InChI is InChI=1S/C20H20N2O2S2/c1-4-24-15-9-10-16-18(11-15)26-20(21-16)22-19(25-3)12-17(23)14-7-5-13(2)6-8-14/h5-12H,4H2,1-3H3,(H,21,22)/b19-12+. The van der Waals surface area contributed by atoms with Crippen LogP contribution in [0.25, 0.3) is 10.2 Å². The van der Waals surface area contributed by atoms with Gasteiger partial charge < -0.3 is 10.1 Å². The van der Waals surface area contributed by atoms with Gasteiger partial charge in [-0.3, -0.25) is 4.79 Å². The van der Waals surface area contributed by atoms with Crippen LogP contribution in [0.2, 0.25) is 0 Å². The van der Waals surface area contributed by atoms with Gasteiger partial charge in [0.05, 0.1) is 21.9 Å². The molecule has 1 aromatic heterocycles. The summed E-state index contributed by atoms with van der Waals surface area (Å²) in [6.07, 6.45) is 3.55. The summed E-state index contributed by atoms with van der Waals surface area (Å²) in [5.74, 6) is 0.812. The Labute approximate surface area is 161 Å². The number of thioether (sulfide) groups is 1. The minimum Gasteiger partial charge on any atom is -0.494 e. The first-order valence-electron chi connectivity index (χ1n) is 8.26. The lowest BCUT2D eigenvalue weighted by molar-refractivity contribution is 0.104. The van der Waals surface area contributed by atoms with Crippen LogP contribution in [-0.2, 0) is 0 Å². The van der Waals surface area contributed by atoms with Crippen LogP contribution < -0.4 is 10.1 Å². The molecule has 0 radical (unpaired) electrons. The monoisotopic (exact) mass is 384 g/mol. The van der Waals surface area contributed by atoms with Crippen LogP contribution in [0, 0.1) is 6.92 Å². The third-order valence-electron chi connectivity index (χ3n) is 3.72. The Morgan fingerprint density at radius 3 is 2.73 bits per heavy atom. The average molecular weight is 385 g/mol. The number of thiazole rings is 1. The van der Waals surface area contributed by atoms with Gasteiger partial charge in [0.1, 0.15) is 5.75 Å². The molecule has 0 atom stereocenters. The van der Waals surface area contributed by atoms with E-state index in [2.05, 4.69) is 10.3 Å². The number of nitrogens with one attached hydrogen (secondary N) is 1. The van der Waals surface area contributed by atoms with Gasteiger partial charge in [0.2, 0.25) is 0 Å². The first-order valence-corrected chi connectivity index (χ1v) is 10.3. The molecule has 0 saturated carbocycles. The highest BCUT2D eigenvalue weighted by atomic mass is 32.2. The van der Waals surface area contributed by atoms with E-state index in [1.807, 2.05) is 62.6 Å². The third kappa shape index (κ3) is 4.45. The number of ketones is 1. The van der Waals surface area contributed by atoms with E-state index in [4.69, 9.17) is 4.74 Å². The van der Waals surface area contributed by atoms with E-state index in [1.54, 1.807) is 6.08 Å². The molecule has 1 heterocycles.